The van der Waals surface area contributed by atoms with E-state index >= 15 is 0 Å². The first-order chi connectivity index (χ1) is 14.2. The van der Waals surface area contributed by atoms with Gasteiger partial charge in [0, 0.05) is 30.1 Å². The largest absolute Gasteiger partial charge is 0.497 e. The lowest BCUT2D eigenvalue weighted by Gasteiger charge is -2.08. The lowest BCUT2D eigenvalue weighted by Crippen LogP contribution is -2.28. The molecule has 29 heavy (non-hydrogen) atoms. The van der Waals surface area contributed by atoms with Crippen molar-refractivity contribution in [3.05, 3.63) is 60.9 Å². The number of methoxy groups -OCH3 is 1. The number of urea groups is 1. The first kappa shape index (κ1) is 18.9. The normalized spacial score (nSPS) is 10.7. The van der Waals surface area contributed by atoms with Gasteiger partial charge < -0.3 is 10.1 Å². The number of pyridine rings is 1. The number of hydrogen-bond acceptors (Lipinski definition) is 5. The van der Waals surface area contributed by atoms with Gasteiger partial charge in [-0.3, -0.25) is 10.3 Å². The number of amides is 2. The van der Waals surface area contributed by atoms with E-state index in [9.17, 15) is 4.79 Å². The standard InChI is InChI=1S/C22H20N4O2S/c1-3-24-21(27)26-22-25-19-12-16(15-5-4-10-23-13-15)11-18(20(19)29-22)14-6-8-17(28-2)9-7-14/h4-13H,3H2,1-2H3,(H2,24,25,26,27). The molecule has 7 heteroatoms. The minimum atomic E-state index is -0.259. The molecule has 6 nitrogen and oxygen atoms in total. The van der Waals surface area contributed by atoms with Crippen molar-refractivity contribution in [1.82, 2.24) is 15.3 Å². The summed E-state index contributed by atoms with van der Waals surface area (Å²) in [6.07, 6.45) is 3.59. The molecule has 0 aliphatic heterocycles. The van der Waals surface area contributed by atoms with Gasteiger partial charge in [0.1, 0.15) is 5.75 Å². The van der Waals surface area contributed by atoms with Crippen LogP contribution in [0.1, 0.15) is 6.92 Å². The number of carbonyl (C=O) groups is 1. The molecule has 2 aromatic heterocycles. The summed E-state index contributed by atoms with van der Waals surface area (Å²) in [4.78, 5) is 20.8. The van der Waals surface area contributed by atoms with Crippen molar-refractivity contribution in [2.24, 2.45) is 0 Å². The number of fused-ring (bicyclic) bond motifs is 1. The molecule has 0 spiro atoms. The van der Waals surface area contributed by atoms with Gasteiger partial charge in [-0.2, -0.15) is 0 Å². The molecule has 0 atom stereocenters. The highest BCUT2D eigenvalue weighted by atomic mass is 32.1. The fourth-order valence-corrected chi connectivity index (χ4v) is 4.05. The molecule has 0 saturated carbocycles. The van der Waals surface area contributed by atoms with Gasteiger partial charge in [0.25, 0.3) is 0 Å². The second kappa shape index (κ2) is 8.28. The topological polar surface area (TPSA) is 76.1 Å². The van der Waals surface area contributed by atoms with Crippen molar-refractivity contribution in [2.45, 2.75) is 6.92 Å². The highest BCUT2D eigenvalue weighted by Crippen LogP contribution is 2.39. The van der Waals surface area contributed by atoms with E-state index in [-0.39, 0.29) is 6.03 Å². The fourth-order valence-electron chi connectivity index (χ4n) is 3.07. The van der Waals surface area contributed by atoms with Crippen LogP contribution in [0.5, 0.6) is 5.75 Å². The van der Waals surface area contributed by atoms with Gasteiger partial charge in [-0.05, 0) is 48.4 Å². The number of thiazole rings is 1. The number of carbonyl (C=O) groups excluding carboxylic acids is 1. The van der Waals surface area contributed by atoms with Crippen molar-refractivity contribution in [3.8, 4) is 28.0 Å². The van der Waals surface area contributed by atoms with Gasteiger partial charge in [0.2, 0.25) is 0 Å². The molecule has 146 valence electrons. The Morgan fingerprint density at radius 2 is 1.93 bits per heavy atom. The lowest BCUT2D eigenvalue weighted by molar-refractivity contribution is 0.252. The molecule has 2 N–H and O–H groups in total. The summed E-state index contributed by atoms with van der Waals surface area (Å²) in [7, 11) is 1.65. The average Bonchev–Trinajstić information content (AvgIpc) is 3.16. The van der Waals surface area contributed by atoms with Crippen LogP contribution >= 0.6 is 11.3 Å². The molecule has 0 fully saturated rings. The monoisotopic (exact) mass is 404 g/mol. The zero-order valence-electron chi connectivity index (χ0n) is 16.1. The van der Waals surface area contributed by atoms with Crippen LogP contribution in [0, 0.1) is 0 Å². The van der Waals surface area contributed by atoms with Gasteiger partial charge in [0.05, 0.1) is 17.3 Å². The molecule has 4 aromatic rings. The van der Waals surface area contributed by atoms with Crippen molar-refractivity contribution >= 4 is 32.7 Å². The van der Waals surface area contributed by atoms with Crippen LogP contribution in [-0.2, 0) is 0 Å². The minimum absolute atomic E-state index is 0.259. The number of aromatic nitrogens is 2. The van der Waals surface area contributed by atoms with E-state index in [1.54, 1.807) is 13.3 Å². The van der Waals surface area contributed by atoms with Gasteiger partial charge in [-0.25, -0.2) is 9.78 Å². The predicted molar refractivity (Wildman–Crippen MR) is 118 cm³/mol. The van der Waals surface area contributed by atoms with Crippen LogP contribution in [0.25, 0.3) is 32.5 Å². The number of hydrogen-bond donors (Lipinski definition) is 2. The molecular weight excluding hydrogens is 384 g/mol. The Bertz CT molecular complexity index is 1140. The maximum atomic E-state index is 11.9. The zero-order valence-corrected chi connectivity index (χ0v) is 16.9. The lowest BCUT2D eigenvalue weighted by atomic mass is 9.99. The summed E-state index contributed by atoms with van der Waals surface area (Å²) in [5.74, 6) is 0.802. The Kier molecular flexibility index (Phi) is 5.39. The number of anilines is 1. The summed E-state index contributed by atoms with van der Waals surface area (Å²) in [6, 6.07) is 15.8. The smallest absolute Gasteiger partial charge is 0.321 e. The summed E-state index contributed by atoms with van der Waals surface area (Å²) < 4.78 is 6.29. The third-order valence-corrected chi connectivity index (χ3v) is 5.46. The van der Waals surface area contributed by atoms with Gasteiger partial charge in [-0.15, -0.1) is 0 Å². The van der Waals surface area contributed by atoms with Crippen LogP contribution < -0.4 is 15.4 Å². The molecular formula is C22H20N4O2S. The van der Waals surface area contributed by atoms with Gasteiger partial charge >= 0.3 is 6.03 Å². The maximum Gasteiger partial charge on any atom is 0.321 e. The van der Waals surface area contributed by atoms with Crippen LogP contribution in [-0.4, -0.2) is 29.7 Å². The van der Waals surface area contributed by atoms with Crippen molar-refractivity contribution < 1.29 is 9.53 Å². The van der Waals surface area contributed by atoms with E-state index in [0.29, 0.717) is 11.7 Å². The number of ether oxygens (including phenoxy) is 1. The number of nitrogens with one attached hydrogen (secondary N) is 2. The Hall–Kier alpha value is -3.45. The van der Waals surface area contributed by atoms with E-state index in [1.807, 2.05) is 55.6 Å². The molecule has 0 saturated heterocycles. The fraction of sp³-hybridized carbons (Fsp3) is 0.136. The van der Waals surface area contributed by atoms with Crippen LogP contribution in [0.15, 0.2) is 60.9 Å². The SMILES string of the molecule is CCNC(=O)Nc1nc2cc(-c3cccnc3)cc(-c3ccc(OC)cc3)c2s1. The first-order valence-corrected chi connectivity index (χ1v) is 10.0. The van der Waals surface area contributed by atoms with Crippen molar-refractivity contribution in [1.29, 1.82) is 0 Å². The Balaban J connectivity index is 1.85. The van der Waals surface area contributed by atoms with Gasteiger partial charge in [0.15, 0.2) is 5.13 Å². The third-order valence-electron chi connectivity index (χ3n) is 4.44. The van der Waals surface area contributed by atoms with Crippen molar-refractivity contribution in [3.63, 3.8) is 0 Å². The third kappa shape index (κ3) is 4.05. The molecule has 0 aliphatic rings. The Morgan fingerprint density at radius 3 is 2.62 bits per heavy atom. The highest BCUT2D eigenvalue weighted by molar-refractivity contribution is 7.22. The molecule has 4 rings (SSSR count). The quantitative estimate of drug-likeness (QED) is 0.481. The Morgan fingerprint density at radius 1 is 1.10 bits per heavy atom. The van der Waals surface area contributed by atoms with E-state index in [4.69, 9.17) is 4.74 Å². The zero-order chi connectivity index (χ0) is 20.2. The van der Waals surface area contributed by atoms with Gasteiger partial charge in [-0.1, -0.05) is 29.5 Å². The summed E-state index contributed by atoms with van der Waals surface area (Å²) in [6.45, 7) is 2.43. The molecule has 0 bridgehead atoms. The molecule has 0 radical (unpaired) electrons. The average molecular weight is 404 g/mol. The van der Waals surface area contributed by atoms with E-state index in [0.717, 1.165) is 38.2 Å². The van der Waals surface area contributed by atoms with Crippen LogP contribution in [0.3, 0.4) is 0 Å². The summed E-state index contributed by atoms with van der Waals surface area (Å²) >= 11 is 1.46. The number of benzene rings is 2. The molecule has 0 aliphatic carbocycles. The Labute approximate surface area is 172 Å². The molecule has 0 unspecified atom stereocenters. The number of rotatable bonds is 5. The van der Waals surface area contributed by atoms with E-state index < -0.39 is 0 Å². The van der Waals surface area contributed by atoms with Crippen LogP contribution in [0.4, 0.5) is 9.93 Å². The minimum Gasteiger partial charge on any atom is -0.497 e. The van der Waals surface area contributed by atoms with Crippen LogP contribution in [0.2, 0.25) is 0 Å². The number of nitrogens with zero attached hydrogens (tertiary/aromatic N) is 2. The summed E-state index contributed by atoms with van der Waals surface area (Å²) in [5.41, 5.74) is 4.95. The van der Waals surface area contributed by atoms with E-state index in [2.05, 4.69) is 26.7 Å². The highest BCUT2D eigenvalue weighted by Gasteiger charge is 2.14. The second-order valence-electron chi connectivity index (χ2n) is 6.35. The maximum absolute atomic E-state index is 11.9. The molecule has 2 aromatic carbocycles. The molecule has 2 heterocycles. The summed E-state index contributed by atoms with van der Waals surface area (Å²) in [5, 5.41) is 6.10. The van der Waals surface area contributed by atoms with E-state index in [1.165, 1.54) is 11.3 Å². The molecule has 2 amide bonds. The van der Waals surface area contributed by atoms with Crippen molar-refractivity contribution in [2.75, 3.05) is 19.0 Å². The first-order valence-electron chi connectivity index (χ1n) is 9.22. The second-order valence-corrected chi connectivity index (χ2v) is 7.34. The predicted octanol–water partition coefficient (Wildman–Crippen LogP) is 5.18.